The van der Waals surface area contributed by atoms with Crippen molar-refractivity contribution in [2.24, 2.45) is 5.92 Å². The van der Waals surface area contributed by atoms with Gasteiger partial charge in [0.1, 0.15) is 25.9 Å². The predicted molar refractivity (Wildman–Crippen MR) is 216 cm³/mol. The molecule has 1 saturated heterocycles. The van der Waals surface area contributed by atoms with Gasteiger partial charge in [-0.3, -0.25) is 9.59 Å². The minimum absolute atomic E-state index is 0.0276. The third-order valence-corrected chi connectivity index (χ3v) is 11.1. The van der Waals surface area contributed by atoms with E-state index >= 15 is 0 Å². The fourth-order valence-corrected chi connectivity index (χ4v) is 7.92. The van der Waals surface area contributed by atoms with Crippen LogP contribution in [0.5, 0.6) is 0 Å². The molecule has 0 saturated carbocycles. The first-order valence-electron chi connectivity index (χ1n) is 20.4. The molecule has 308 valence electrons. The molecule has 4 unspecified atom stereocenters. The second-order valence-corrected chi connectivity index (χ2v) is 15.1. The number of unbranched alkanes of at least 4 members (excludes halogenated alkanes) is 1. The van der Waals surface area contributed by atoms with E-state index in [1.807, 2.05) is 78.9 Å². The van der Waals surface area contributed by atoms with E-state index in [4.69, 9.17) is 14.2 Å². The summed E-state index contributed by atoms with van der Waals surface area (Å²) >= 11 is 0. The van der Waals surface area contributed by atoms with E-state index in [1.54, 1.807) is 4.90 Å². The Hall–Kier alpha value is -5.69. The van der Waals surface area contributed by atoms with Gasteiger partial charge in [0.2, 0.25) is 11.8 Å². The molecule has 4 amide bonds. The van der Waals surface area contributed by atoms with Gasteiger partial charge in [-0.1, -0.05) is 91.0 Å². The summed E-state index contributed by atoms with van der Waals surface area (Å²) in [5.41, 5.74) is 5.23. The van der Waals surface area contributed by atoms with E-state index < -0.39 is 36.2 Å². The van der Waals surface area contributed by atoms with Crippen molar-refractivity contribution in [3.63, 3.8) is 0 Å². The highest BCUT2D eigenvalue weighted by Crippen LogP contribution is 2.44. The van der Waals surface area contributed by atoms with Gasteiger partial charge in [-0.25, -0.2) is 14.4 Å². The summed E-state index contributed by atoms with van der Waals surface area (Å²) in [5, 5.41) is 18.3. The number of carbonyl (C=O) groups excluding carboxylic acids is 5. The summed E-state index contributed by atoms with van der Waals surface area (Å²) in [4.78, 5) is 67.8. The lowest BCUT2D eigenvalue weighted by Crippen LogP contribution is -2.46. The second-order valence-electron chi connectivity index (χ2n) is 15.1. The third-order valence-electron chi connectivity index (χ3n) is 11.1. The summed E-state index contributed by atoms with van der Waals surface area (Å²) in [7, 11) is 0. The highest BCUT2D eigenvalue weighted by atomic mass is 16.6. The molecule has 0 aromatic heterocycles. The van der Waals surface area contributed by atoms with Crippen LogP contribution in [0.2, 0.25) is 0 Å². The van der Waals surface area contributed by atoms with E-state index in [9.17, 15) is 29.1 Å². The summed E-state index contributed by atoms with van der Waals surface area (Å²) in [6.45, 7) is 0.836. The van der Waals surface area contributed by atoms with Crippen LogP contribution >= 0.6 is 0 Å². The molecule has 2 heterocycles. The van der Waals surface area contributed by atoms with Crippen molar-refractivity contribution in [1.29, 1.82) is 0 Å². The van der Waals surface area contributed by atoms with Gasteiger partial charge in [0, 0.05) is 25.4 Å². The van der Waals surface area contributed by atoms with E-state index in [-0.39, 0.29) is 69.5 Å². The predicted octanol–water partition coefficient (Wildman–Crippen LogP) is 5.75. The number of benzene rings is 3. The van der Waals surface area contributed by atoms with Gasteiger partial charge in [0.15, 0.2) is 0 Å². The van der Waals surface area contributed by atoms with Gasteiger partial charge in [-0.2, -0.15) is 0 Å². The number of hydrogen-bond donors (Lipinski definition) is 4. The highest BCUT2D eigenvalue weighted by Gasteiger charge is 2.33. The second kappa shape index (κ2) is 21.2. The maximum atomic E-state index is 13.8. The number of nitrogens with one attached hydrogen (secondary N) is 3. The van der Waals surface area contributed by atoms with Crippen molar-refractivity contribution in [1.82, 2.24) is 20.9 Å². The minimum atomic E-state index is -1.01. The Morgan fingerprint density at radius 3 is 2.33 bits per heavy atom. The van der Waals surface area contributed by atoms with Gasteiger partial charge < -0.3 is 40.2 Å². The topological polar surface area (TPSA) is 173 Å². The van der Waals surface area contributed by atoms with Gasteiger partial charge in [-0.15, -0.1) is 0 Å². The van der Waals surface area contributed by atoms with Gasteiger partial charge in [0.25, 0.3) is 0 Å². The molecule has 13 nitrogen and oxygen atoms in total. The molecular weight excluding hydrogens is 741 g/mol. The van der Waals surface area contributed by atoms with Crippen LogP contribution in [0.1, 0.15) is 80.4 Å². The number of amides is 4. The largest absolute Gasteiger partial charge is 0.462 e. The number of ether oxygens (including phenoxy) is 3. The molecule has 0 bridgehead atoms. The zero-order chi connectivity index (χ0) is 40.7. The average molecular weight is 795 g/mol. The van der Waals surface area contributed by atoms with Crippen molar-refractivity contribution in [3.05, 3.63) is 108 Å². The fraction of sp³-hybridized carbons (Fsp3) is 0.444. The molecule has 0 spiro atoms. The van der Waals surface area contributed by atoms with Crippen LogP contribution in [-0.4, -0.2) is 91.0 Å². The highest BCUT2D eigenvalue weighted by molar-refractivity contribution is 5.86. The smallest absolute Gasteiger partial charge is 0.407 e. The number of rotatable bonds is 13. The summed E-state index contributed by atoms with van der Waals surface area (Å²) in [6.07, 6.45) is 6.34. The van der Waals surface area contributed by atoms with Gasteiger partial charge in [0.05, 0.1) is 24.6 Å². The number of esters is 1. The Bertz CT molecular complexity index is 1860. The van der Waals surface area contributed by atoms with Crippen LogP contribution in [0.25, 0.3) is 11.1 Å². The SMILES string of the molecule is O=C(NCCCCC1COC(=O)C(NC(=O)OCC2c3ccccc3-c3ccccc32)CCC=CCC(CC(=O)N2CCCC2CO)C(=O)N1)OCc1ccccc1. The molecule has 1 fully saturated rings. The summed E-state index contributed by atoms with van der Waals surface area (Å²) < 4.78 is 16.8. The van der Waals surface area contributed by atoms with Gasteiger partial charge in [-0.05, 0) is 79.2 Å². The lowest BCUT2D eigenvalue weighted by atomic mass is 9.97. The summed E-state index contributed by atoms with van der Waals surface area (Å²) in [5.74, 6) is -2.01. The average Bonchev–Trinajstić information content (AvgIpc) is 3.86. The van der Waals surface area contributed by atoms with Crippen LogP contribution in [0.3, 0.4) is 0 Å². The molecular formula is C45H54N4O9. The van der Waals surface area contributed by atoms with E-state index in [0.29, 0.717) is 38.8 Å². The number of fused-ring (bicyclic) bond motifs is 3. The lowest BCUT2D eigenvalue weighted by Gasteiger charge is -2.26. The Morgan fingerprint density at radius 2 is 1.59 bits per heavy atom. The standard InChI is InChI=1S/C45H54N4O9/c50-27-34-18-13-25-49(34)41(51)26-32-16-5-2-6-23-40(48-45(55)58-30-39-37-21-9-7-19-35(37)36-20-8-10-22-38(36)39)43(53)56-29-33(47-42(32)52)17-11-12-24-46-44(54)57-28-31-14-3-1-4-15-31/h1-5,7-10,14-15,19-22,32-34,39-40,50H,6,11-13,16-18,23-30H2,(H,46,54)(H,47,52)(H,48,55). The van der Waals surface area contributed by atoms with Crippen LogP contribution < -0.4 is 16.0 Å². The molecule has 3 aromatic carbocycles. The maximum absolute atomic E-state index is 13.8. The molecule has 58 heavy (non-hydrogen) atoms. The third kappa shape index (κ3) is 11.5. The molecule has 0 radical (unpaired) electrons. The molecule has 4 N–H and O–H groups in total. The van der Waals surface area contributed by atoms with E-state index in [1.165, 1.54) is 0 Å². The molecule has 4 atom stereocenters. The lowest BCUT2D eigenvalue weighted by molar-refractivity contribution is -0.147. The van der Waals surface area contributed by atoms with Crippen molar-refractivity contribution < 1.29 is 43.3 Å². The molecule has 2 aliphatic heterocycles. The minimum Gasteiger partial charge on any atom is -0.462 e. The monoisotopic (exact) mass is 794 g/mol. The molecule has 13 heteroatoms. The van der Waals surface area contributed by atoms with E-state index in [2.05, 4.69) is 28.1 Å². The van der Waals surface area contributed by atoms with Crippen LogP contribution in [0.15, 0.2) is 91.0 Å². The van der Waals surface area contributed by atoms with Crippen molar-refractivity contribution in [3.8, 4) is 11.1 Å². The zero-order valence-electron chi connectivity index (χ0n) is 32.8. The van der Waals surface area contributed by atoms with Crippen LogP contribution in [0, 0.1) is 5.92 Å². The molecule has 3 aromatic rings. The maximum Gasteiger partial charge on any atom is 0.407 e. The number of nitrogens with zero attached hydrogens (tertiary/aromatic N) is 1. The van der Waals surface area contributed by atoms with Crippen LogP contribution in [-0.2, 0) is 35.2 Å². The Morgan fingerprint density at radius 1 is 0.862 bits per heavy atom. The Balaban J connectivity index is 1.06. The first kappa shape index (κ1) is 41.9. The zero-order valence-corrected chi connectivity index (χ0v) is 32.8. The van der Waals surface area contributed by atoms with Crippen molar-refractivity contribution in [2.75, 3.05) is 32.9 Å². The van der Waals surface area contributed by atoms with E-state index in [0.717, 1.165) is 40.7 Å². The van der Waals surface area contributed by atoms with Crippen LogP contribution in [0.4, 0.5) is 9.59 Å². The summed E-state index contributed by atoms with van der Waals surface area (Å²) in [6, 6.07) is 23.6. The quantitative estimate of drug-likeness (QED) is 0.0728. The number of alkyl carbamates (subject to hydrolysis) is 2. The number of likely N-dealkylation sites (tertiary alicyclic amines) is 1. The molecule has 1 aliphatic carbocycles. The Labute approximate surface area is 339 Å². The molecule has 3 aliphatic rings. The Kier molecular flexibility index (Phi) is 15.3. The van der Waals surface area contributed by atoms with Crippen molar-refractivity contribution in [2.45, 2.75) is 88.4 Å². The van der Waals surface area contributed by atoms with Crippen molar-refractivity contribution >= 4 is 30.0 Å². The van der Waals surface area contributed by atoms with Gasteiger partial charge >= 0.3 is 18.2 Å². The normalized spacial score (nSPS) is 20.9. The molecule has 6 rings (SSSR count). The number of aliphatic hydroxyl groups excluding tert-OH is 1. The number of carbonyl (C=O) groups is 5. The number of hydrogen-bond acceptors (Lipinski definition) is 9. The number of cyclic esters (lactones) is 1. The first-order chi connectivity index (χ1) is 28.3. The fourth-order valence-electron chi connectivity index (χ4n) is 7.92. The number of aliphatic hydroxyl groups is 1. The number of allylic oxidation sites excluding steroid dienone is 2. The first-order valence-corrected chi connectivity index (χ1v) is 20.4.